The van der Waals surface area contributed by atoms with Crippen LogP contribution in [0.15, 0.2) is 30.5 Å². The summed E-state index contributed by atoms with van der Waals surface area (Å²) in [6, 6.07) is 6.91. The number of amides is 1. The molecule has 0 saturated carbocycles. The zero-order chi connectivity index (χ0) is 13.1. The molecule has 1 aromatic heterocycles. The molecule has 1 N–H and O–H groups in total. The molecule has 0 aliphatic carbocycles. The minimum Gasteiger partial charge on any atom is -0.347 e. The van der Waals surface area contributed by atoms with Gasteiger partial charge in [-0.3, -0.25) is 9.48 Å². The van der Waals surface area contributed by atoms with Crippen LogP contribution < -0.4 is 5.32 Å². The Morgan fingerprint density at radius 2 is 2.11 bits per heavy atom. The van der Waals surface area contributed by atoms with Crippen molar-refractivity contribution in [3.63, 3.8) is 0 Å². The van der Waals surface area contributed by atoms with Crippen LogP contribution in [-0.2, 0) is 13.6 Å². The van der Waals surface area contributed by atoms with Crippen molar-refractivity contribution < 1.29 is 4.79 Å². The summed E-state index contributed by atoms with van der Waals surface area (Å²) in [5.74, 6) is -0.180. The number of hydrogen-bond acceptors (Lipinski definition) is 2. The van der Waals surface area contributed by atoms with Gasteiger partial charge >= 0.3 is 0 Å². The van der Waals surface area contributed by atoms with Crippen molar-refractivity contribution >= 4 is 29.1 Å². The molecule has 0 radical (unpaired) electrons. The third kappa shape index (κ3) is 2.83. The summed E-state index contributed by atoms with van der Waals surface area (Å²) in [6.07, 6.45) is 1.58. The SMILES string of the molecule is Cn1nccc1C(=O)NCc1ccc(Cl)c(Cl)c1. The molecule has 0 atom stereocenters. The lowest BCUT2D eigenvalue weighted by Crippen LogP contribution is -2.25. The second-order valence-electron chi connectivity index (χ2n) is 3.77. The molecule has 4 nitrogen and oxygen atoms in total. The number of carbonyl (C=O) groups excluding carboxylic acids is 1. The smallest absolute Gasteiger partial charge is 0.269 e. The van der Waals surface area contributed by atoms with Crippen LogP contribution in [0.4, 0.5) is 0 Å². The van der Waals surface area contributed by atoms with Crippen LogP contribution in [0.25, 0.3) is 0 Å². The van der Waals surface area contributed by atoms with Gasteiger partial charge in [0.1, 0.15) is 5.69 Å². The number of nitrogens with one attached hydrogen (secondary N) is 1. The van der Waals surface area contributed by atoms with E-state index in [0.29, 0.717) is 22.3 Å². The van der Waals surface area contributed by atoms with Gasteiger partial charge < -0.3 is 5.32 Å². The predicted octanol–water partition coefficient (Wildman–Crippen LogP) is 2.66. The van der Waals surface area contributed by atoms with Crippen molar-refractivity contribution in [3.8, 4) is 0 Å². The van der Waals surface area contributed by atoms with Gasteiger partial charge in [0.2, 0.25) is 0 Å². The average molecular weight is 284 g/mol. The summed E-state index contributed by atoms with van der Waals surface area (Å²) in [6.45, 7) is 0.390. The highest BCUT2D eigenvalue weighted by Crippen LogP contribution is 2.22. The van der Waals surface area contributed by atoms with Crippen molar-refractivity contribution in [3.05, 3.63) is 51.8 Å². The van der Waals surface area contributed by atoms with Gasteiger partial charge in [-0.2, -0.15) is 5.10 Å². The van der Waals surface area contributed by atoms with Crippen molar-refractivity contribution in [1.29, 1.82) is 0 Å². The van der Waals surface area contributed by atoms with E-state index >= 15 is 0 Å². The van der Waals surface area contributed by atoms with Crippen molar-refractivity contribution in [2.24, 2.45) is 7.05 Å². The Hall–Kier alpha value is -1.52. The Kier molecular flexibility index (Phi) is 3.89. The van der Waals surface area contributed by atoms with Gasteiger partial charge in [-0.1, -0.05) is 29.3 Å². The lowest BCUT2D eigenvalue weighted by Gasteiger charge is -2.06. The second kappa shape index (κ2) is 5.42. The van der Waals surface area contributed by atoms with Gasteiger partial charge in [-0.25, -0.2) is 0 Å². The number of carbonyl (C=O) groups is 1. The Morgan fingerprint density at radius 1 is 1.33 bits per heavy atom. The fraction of sp³-hybridized carbons (Fsp3) is 0.167. The van der Waals surface area contributed by atoms with Crippen LogP contribution in [0.3, 0.4) is 0 Å². The van der Waals surface area contributed by atoms with Crippen LogP contribution in [0, 0.1) is 0 Å². The maximum Gasteiger partial charge on any atom is 0.269 e. The topological polar surface area (TPSA) is 46.9 Å². The molecule has 0 spiro atoms. The van der Waals surface area contributed by atoms with Gasteiger partial charge in [0.25, 0.3) is 5.91 Å². The van der Waals surface area contributed by atoms with E-state index < -0.39 is 0 Å². The normalized spacial score (nSPS) is 10.4. The Morgan fingerprint density at radius 3 is 2.72 bits per heavy atom. The summed E-state index contributed by atoms with van der Waals surface area (Å²) in [5, 5.41) is 7.70. The molecule has 18 heavy (non-hydrogen) atoms. The molecule has 1 heterocycles. The first-order valence-corrected chi connectivity index (χ1v) is 6.03. The number of halogens is 2. The summed E-state index contributed by atoms with van der Waals surface area (Å²) < 4.78 is 1.52. The van der Waals surface area contributed by atoms with E-state index in [-0.39, 0.29) is 5.91 Å². The molecule has 2 aromatic rings. The van der Waals surface area contributed by atoms with Crippen LogP contribution >= 0.6 is 23.2 Å². The first-order chi connectivity index (χ1) is 8.58. The molecule has 1 amide bonds. The number of hydrogen-bond donors (Lipinski definition) is 1. The molecule has 94 valence electrons. The van der Waals surface area contributed by atoms with E-state index in [9.17, 15) is 4.79 Å². The average Bonchev–Trinajstić information content (AvgIpc) is 2.77. The zero-order valence-corrected chi connectivity index (χ0v) is 11.2. The highest BCUT2D eigenvalue weighted by molar-refractivity contribution is 6.42. The van der Waals surface area contributed by atoms with E-state index in [1.54, 1.807) is 31.4 Å². The van der Waals surface area contributed by atoms with Crippen molar-refractivity contribution in [2.45, 2.75) is 6.54 Å². The van der Waals surface area contributed by atoms with Crippen LogP contribution in [0.5, 0.6) is 0 Å². The fourth-order valence-corrected chi connectivity index (χ4v) is 1.84. The summed E-state index contributed by atoms with van der Waals surface area (Å²) in [7, 11) is 1.72. The molecular formula is C12H11Cl2N3O. The summed E-state index contributed by atoms with van der Waals surface area (Å²) in [5.41, 5.74) is 1.40. The predicted molar refractivity (Wildman–Crippen MR) is 70.8 cm³/mol. The number of rotatable bonds is 3. The van der Waals surface area contributed by atoms with Crippen molar-refractivity contribution in [2.75, 3.05) is 0 Å². The van der Waals surface area contributed by atoms with E-state index in [1.165, 1.54) is 4.68 Å². The Balaban J connectivity index is 2.02. The number of nitrogens with zero attached hydrogens (tertiary/aromatic N) is 2. The molecule has 0 aliphatic heterocycles. The molecule has 6 heteroatoms. The largest absolute Gasteiger partial charge is 0.347 e. The standard InChI is InChI=1S/C12H11Cl2N3O/c1-17-11(4-5-16-17)12(18)15-7-8-2-3-9(13)10(14)6-8/h2-6H,7H2,1H3,(H,15,18). The highest BCUT2D eigenvalue weighted by atomic mass is 35.5. The molecule has 0 fully saturated rings. The van der Waals surface area contributed by atoms with E-state index in [1.807, 2.05) is 6.07 Å². The molecule has 2 rings (SSSR count). The Bertz CT molecular complexity index is 580. The van der Waals surface area contributed by atoms with Gasteiger partial charge in [-0.05, 0) is 23.8 Å². The van der Waals surface area contributed by atoms with E-state index in [4.69, 9.17) is 23.2 Å². The molecule has 0 unspecified atom stereocenters. The van der Waals surface area contributed by atoms with Crippen molar-refractivity contribution in [1.82, 2.24) is 15.1 Å². The lowest BCUT2D eigenvalue weighted by atomic mass is 10.2. The van der Waals surface area contributed by atoms with Gasteiger partial charge in [0.15, 0.2) is 0 Å². The zero-order valence-electron chi connectivity index (χ0n) is 9.65. The Labute approximate surface area is 115 Å². The number of aryl methyl sites for hydroxylation is 1. The van der Waals surface area contributed by atoms with E-state index in [0.717, 1.165) is 5.56 Å². The molecule has 0 saturated heterocycles. The fourth-order valence-electron chi connectivity index (χ4n) is 1.52. The first kappa shape index (κ1) is 12.9. The highest BCUT2D eigenvalue weighted by Gasteiger charge is 2.09. The molecular weight excluding hydrogens is 273 g/mol. The maximum atomic E-state index is 11.8. The minimum atomic E-state index is -0.180. The molecule has 0 bridgehead atoms. The molecule has 1 aromatic carbocycles. The summed E-state index contributed by atoms with van der Waals surface area (Å²) in [4.78, 5) is 11.8. The summed E-state index contributed by atoms with van der Waals surface area (Å²) >= 11 is 11.7. The number of benzene rings is 1. The lowest BCUT2D eigenvalue weighted by molar-refractivity contribution is 0.0941. The van der Waals surface area contributed by atoms with E-state index in [2.05, 4.69) is 10.4 Å². The maximum absolute atomic E-state index is 11.8. The second-order valence-corrected chi connectivity index (χ2v) is 4.59. The molecule has 0 aliphatic rings. The third-order valence-electron chi connectivity index (χ3n) is 2.49. The monoisotopic (exact) mass is 283 g/mol. The van der Waals surface area contributed by atoms with Gasteiger partial charge in [-0.15, -0.1) is 0 Å². The van der Waals surface area contributed by atoms with Gasteiger partial charge in [0.05, 0.1) is 10.0 Å². The number of aromatic nitrogens is 2. The minimum absolute atomic E-state index is 0.180. The van der Waals surface area contributed by atoms with Crippen LogP contribution in [0.1, 0.15) is 16.1 Å². The first-order valence-electron chi connectivity index (χ1n) is 5.28. The van der Waals surface area contributed by atoms with Crippen LogP contribution in [-0.4, -0.2) is 15.7 Å². The quantitative estimate of drug-likeness (QED) is 0.941. The van der Waals surface area contributed by atoms with Crippen LogP contribution in [0.2, 0.25) is 10.0 Å². The third-order valence-corrected chi connectivity index (χ3v) is 3.23. The van der Waals surface area contributed by atoms with Gasteiger partial charge in [0, 0.05) is 19.8 Å².